The van der Waals surface area contributed by atoms with Crippen LogP contribution in [-0.4, -0.2) is 57.1 Å². The van der Waals surface area contributed by atoms with E-state index in [1.165, 1.54) is 9.21 Å². The molecule has 0 aromatic heterocycles. The van der Waals surface area contributed by atoms with E-state index in [-0.39, 0.29) is 37.7 Å². The molecule has 1 N–H and O–H groups in total. The van der Waals surface area contributed by atoms with E-state index in [1.807, 2.05) is 6.92 Å². The monoisotopic (exact) mass is 557 g/mol. The molecule has 11 heteroatoms. The maximum Gasteiger partial charge on any atom is 0.242 e. The number of hydrogen-bond donors (Lipinski definition) is 1. The van der Waals surface area contributed by atoms with Crippen LogP contribution in [0.3, 0.4) is 0 Å². The minimum atomic E-state index is -3.64. The molecule has 198 valence electrons. The maximum absolute atomic E-state index is 13.3. The summed E-state index contributed by atoms with van der Waals surface area (Å²) in [5.41, 5.74) is 0.943. The van der Waals surface area contributed by atoms with Crippen molar-refractivity contribution in [2.24, 2.45) is 0 Å². The molecule has 0 aliphatic heterocycles. The number of nitrogens with one attached hydrogen (secondary N) is 1. The third-order valence-electron chi connectivity index (χ3n) is 5.49. The van der Waals surface area contributed by atoms with Crippen LogP contribution < -0.4 is 14.4 Å². The smallest absolute Gasteiger partial charge is 0.242 e. The van der Waals surface area contributed by atoms with Crippen molar-refractivity contribution in [3.63, 3.8) is 0 Å². The maximum atomic E-state index is 13.3. The van der Waals surface area contributed by atoms with E-state index in [0.717, 1.165) is 6.26 Å². The minimum absolute atomic E-state index is 0.00857. The molecule has 0 radical (unpaired) electrons. The zero-order valence-electron chi connectivity index (χ0n) is 21.0. The lowest BCUT2D eigenvalue weighted by atomic mass is 10.1. The number of carbonyl (C=O) groups is 2. The van der Waals surface area contributed by atoms with Crippen molar-refractivity contribution in [3.8, 4) is 5.75 Å². The third-order valence-corrected chi connectivity index (χ3v) is 7.38. The topological polar surface area (TPSA) is 96.0 Å². The number of nitrogens with zero attached hydrogens (tertiary/aromatic N) is 2. The average Bonchev–Trinajstić information content (AvgIpc) is 2.81. The lowest BCUT2D eigenvalue weighted by Gasteiger charge is -2.30. The molecule has 2 amide bonds. The van der Waals surface area contributed by atoms with E-state index in [1.54, 1.807) is 56.3 Å². The van der Waals surface area contributed by atoms with Crippen LogP contribution in [-0.2, 0) is 26.2 Å². The number of carbonyl (C=O) groups excluding carboxylic acids is 2. The molecule has 0 bridgehead atoms. The molecule has 0 aliphatic carbocycles. The SMILES string of the molecule is CCNC(=O)[C@@H](C)N(Cc1c(Cl)cccc1Cl)C(=O)CCCN(c1ccccc1OCC)S(C)(=O)=O. The Morgan fingerprint density at radius 3 is 2.28 bits per heavy atom. The first-order valence-electron chi connectivity index (χ1n) is 11.7. The van der Waals surface area contributed by atoms with Crippen molar-refractivity contribution in [2.45, 2.75) is 46.2 Å². The van der Waals surface area contributed by atoms with Crippen LogP contribution in [0.5, 0.6) is 5.75 Å². The van der Waals surface area contributed by atoms with Crippen LogP contribution >= 0.6 is 23.2 Å². The number of likely N-dealkylation sites (N-methyl/N-ethyl adjacent to an activating group) is 1. The van der Waals surface area contributed by atoms with Gasteiger partial charge in [-0.05, 0) is 51.5 Å². The first-order valence-corrected chi connectivity index (χ1v) is 14.3. The summed E-state index contributed by atoms with van der Waals surface area (Å²) in [7, 11) is -3.64. The predicted molar refractivity (Wildman–Crippen MR) is 144 cm³/mol. The van der Waals surface area contributed by atoms with Crippen molar-refractivity contribution < 1.29 is 22.7 Å². The number of benzene rings is 2. The highest BCUT2D eigenvalue weighted by Crippen LogP contribution is 2.30. The fraction of sp³-hybridized carbons (Fsp3) is 0.440. The fourth-order valence-electron chi connectivity index (χ4n) is 3.68. The van der Waals surface area contributed by atoms with Crippen LogP contribution in [0.15, 0.2) is 42.5 Å². The molecule has 0 heterocycles. The average molecular weight is 559 g/mol. The van der Waals surface area contributed by atoms with E-state index in [4.69, 9.17) is 27.9 Å². The van der Waals surface area contributed by atoms with Crippen LogP contribution in [0.4, 0.5) is 5.69 Å². The molecular formula is C25H33Cl2N3O5S. The van der Waals surface area contributed by atoms with Crippen molar-refractivity contribution >= 4 is 50.7 Å². The van der Waals surface area contributed by atoms with Crippen LogP contribution in [0.2, 0.25) is 10.0 Å². The number of anilines is 1. The van der Waals surface area contributed by atoms with Gasteiger partial charge < -0.3 is 15.0 Å². The van der Waals surface area contributed by atoms with Gasteiger partial charge in [0.1, 0.15) is 11.8 Å². The normalized spacial score (nSPS) is 12.1. The van der Waals surface area contributed by atoms with Gasteiger partial charge in [-0.1, -0.05) is 41.4 Å². The summed E-state index contributed by atoms with van der Waals surface area (Å²) in [5.74, 6) is -0.190. The summed E-state index contributed by atoms with van der Waals surface area (Å²) in [6, 6.07) is 11.1. The first kappa shape index (κ1) is 29.7. The summed E-state index contributed by atoms with van der Waals surface area (Å²) in [6.45, 7) is 6.14. The Morgan fingerprint density at radius 2 is 1.69 bits per heavy atom. The van der Waals surface area contributed by atoms with Crippen LogP contribution in [0, 0.1) is 0 Å². The van der Waals surface area contributed by atoms with Gasteiger partial charge in [-0.3, -0.25) is 13.9 Å². The zero-order valence-corrected chi connectivity index (χ0v) is 23.3. The lowest BCUT2D eigenvalue weighted by Crippen LogP contribution is -2.47. The molecule has 36 heavy (non-hydrogen) atoms. The summed E-state index contributed by atoms with van der Waals surface area (Å²) >= 11 is 12.6. The number of hydrogen-bond acceptors (Lipinski definition) is 5. The molecule has 0 saturated heterocycles. The van der Waals surface area contributed by atoms with Gasteiger partial charge in [0, 0.05) is 41.7 Å². The Labute approximate surface area is 223 Å². The number of halogens is 2. The standard InChI is InChI=1S/C25H33Cl2N3O5S/c1-5-28-25(32)18(3)29(17-19-20(26)11-9-12-21(19)27)24(31)15-10-16-30(36(4,33)34)22-13-7-8-14-23(22)35-6-2/h7-9,11-14,18H,5-6,10,15-17H2,1-4H3,(H,28,32)/t18-/m1/s1. The predicted octanol–water partition coefficient (Wildman–Crippen LogP) is 4.49. The van der Waals surface area contributed by atoms with E-state index in [2.05, 4.69) is 5.32 Å². The Hall–Kier alpha value is -2.49. The number of amides is 2. The van der Waals surface area contributed by atoms with Crippen molar-refractivity contribution in [2.75, 3.05) is 30.3 Å². The molecule has 2 aromatic rings. The number of ether oxygens (including phenoxy) is 1. The van der Waals surface area contributed by atoms with Crippen molar-refractivity contribution in [3.05, 3.63) is 58.1 Å². The molecule has 2 rings (SSSR count). The van der Waals surface area contributed by atoms with Crippen LogP contribution in [0.1, 0.15) is 39.2 Å². The second-order valence-electron chi connectivity index (χ2n) is 8.13. The quantitative estimate of drug-likeness (QED) is 0.391. The van der Waals surface area contributed by atoms with Gasteiger partial charge in [0.25, 0.3) is 0 Å². The molecule has 1 atom stereocenters. The number of rotatable bonds is 13. The molecule has 0 aliphatic rings. The molecule has 0 unspecified atom stereocenters. The van der Waals surface area contributed by atoms with E-state index in [0.29, 0.717) is 40.2 Å². The number of para-hydroxylation sites is 2. The highest BCUT2D eigenvalue weighted by Gasteiger charge is 2.28. The Bertz CT molecular complexity index is 1140. The summed E-state index contributed by atoms with van der Waals surface area (Å²) < 4.78 is 32.0. The molecule has 0 spiro atoms. The molecule has 2 aromatic carbocycles. The van der Waals surface area contributed by atoms with Gasteiger partial charge in [-0.25, -0.2) is 8.42 Å². The van der Waals surface area contributed by atoms with Gasteiger partial charge in [0.2, 0.25) is 21.8 Å². The van der Waals surface area contributed by atoms with Crippen molar-refractivity contribution in [1.82, 2.24) is 10.2 Å². The second kappa shape index (κ2) is 13.7. The highest BCUT2D eigenvalue weighted by atomic mass is 35.5. The summed E-state index contributed by atoms with van der Waals surface area (Å²) in [5, 5.41) is 3.51. The Balaban J connectivity index is 2.24. The largest absolute Gasteiger partial charge is 0.492 e. The van der Waals surface area contributed by atoms with Gasteiger partial charge >= 0.3 is 0 Å². The summed E-state index contributed by atoms with van der Waals surface area (Å²) in [6.07, 6.45) is 1.34. The number of sulfonamides is 1. The molecular weight excluding hydrogens is 525 g/mol. The van der Waals surface area contributed by atoms with Gasteiger partial charge in [0.15, 0.2) is 0 Å². The van der Waals surface area contributed by atoms with E-state index < -0.39 is 16.1 Å². The lowest BCUT2D eigenvalue weighted by molar-refractivity contribution is -0.140. The third kappa shape index (κ3) is 8.01. The Morgan fingerprint density at radius 1 is 1.06 bits per heavy atom. The second-order valence-corrected chi connectivity index (χ2v) is 10.9. The summed E-state index contributed by atoms with van der Waals surface area (Å²) in [4.78, 5) is 27.3. The van der Waals surface area contributed by atoms with Gasteiger partial charge in [-0.15, -0.1) is 0 Å². The minimum Gasteiger partial charge on any atom is -0.492 e. The molecule has 0 saturated carbocycles. The van der Waals surface area contributed by atoms with Gasteiger partial charge in [-0.2, -0.15) is 0 Å². The molecule has 8 nitrogen and oxygen atoms in total. The zero-order chi connectivity index (χ0) is 26.9. The van der Waals surface area contributed by atoms with E-state index >= 15 is 0 Å². The van der Waals surface area contributed by atoms with E-state index in [9.17, 15) is 18.0 Å². The fourth-order valence-corrected chi connectivity index (χ4v) is 5.17. The first-order chi connectivity index (χ1) is 17.0. The van der Waals surface area contributed by atoms with Gasteiger partial charge in [0.05, 0.1) is 18.6 Å². The highest BCUT2D eigenvalue weighted by molar-refractivity contribution is 7.92. The Kier molecular flexibility index (Phi) is 11.3. The molecule has 0 fully saturated rings. The van der Waals surface area contributed by atoms with Crippen molar-refractivity contribution in [1.29, 1.82) is 0 Å². The van der Waals surface area contributed by atoms with Crippen LogP contribution in [0.25, 0.3) is 0 Å².